The third-order valence-electron chi connectivity index (χ3n) is 2.66. The largest absolute Gasteiger partial charge is 0.465 e. The molecule has 0 spiro atoms. The van der Waals surface area contributed by atoms with Crippen LogP contribution >= 0.6 is 0 Å². The lowest BCUT2D eigenvalue weighted by atomic mass is 10.3. The maximum Gasteiger partial charge on any atom is 0.325 e. The van der Waals surface area contributed by atoms with Crippen molar-refractivity contribution in [1.82, 2.24) is 10.2 Å². The normalized spacial score (nSPS) is 14.2. The Morgan fingerprint density at radius 2 is 2.06 bits per heavy atom. The number of hydrogen-bond acceptors (Lipinski definition) is 3. The quantitative estimate of drug-likeness (QED) is 0.544. The van der Waals surface area contributed by atoms with Gasteiger partial charge in [-0.1, -0.05) is 13.3 Å². The van der Waals surface area contributed by atoms with Crippen LogP contribution in [0.4, 0.5) is 4.79 Å². The number of urea groups is 1. The summed E-state index contributed by atoms with van der Waals surface area (Å²) in [6, 6.07) is 0.0787. The number of nitrogens with zero attached hydrogens (tertiary/aromatic N) is 1. The molecule has 0 heterocycles. The minimum Gasteiger partial charge on any atom is -0.465 e. The Morgan fingerprint density at radius 1 is 1.35 bits per heavy atom. The van der Waals surface area contributed by atoms with E-state index in [-0.39, 0.29) is 24.6 Å². The molecule has 2 amide bonds. The molecule has 0 unspecified atom stereocenters. The fourth-order valence-corrected chi connectivity index (χ4v) is 1.57. The monoisotopic (exact) mass is 242 g/mol. The molecular formula is C12H22N2O3. The van der Waals surface area contributed by atoms with Gasteiger partial charge in [0.15, 0.2) is 0 Å². The van der Waals surface area contributed by atoms with Crippen LogP contribution in [0.2, 0.25) is 0 Å². The van der Waals surface area contributed by atoms with Gasteiger partial charge in [-0.25, -0.2) is 4.79 Å². The fourth-order valence-electron chi connectivity index (χ4n) is 1.57. The minimum atomic E-state index is -0.329. The first kappa shape index (κ1) is 13.8. The van der Waals surface area contributed by atoms with Gasteiger partial charge in [0, 0.05) is 12.6 Å². The number of amides is 2. The van der Waals surface area contributed by atoms with Crippen LogP contribution in [0, 0.1) is 0 Å². The Bertz CT molecular complexity index is 264. The van der Waals surface area contributed by atoms with E-state index in [1.165, 1.54) is 0 Å². The lowest BCUT2D eigenvalue weighted by molar-refractivity contribution is -0.143. The molecule has 1 aliphatic carbocycles. The van der Waals surface area contributed by atoms with Gasteiger partial charge in [-0.3, -0.25) is 4.79 Å². The van der Waals surface area contributed by atoms with E-state index in [1.807, 2.05) is 0 Å². The Morgan fingerprint density at radius 3 is 2.59 bits per heavy atom. The number of nitrogens with one attached hydrogen (secondary N) is 1. The van der Waals surface area contributed by atoms with Crippen LogP contribution in [-0.2, 0) is 9.53 Å². The summed E-state index contributed by atoms with van der Waals surface area (Å²) < 4.78 is 4.87. The molecule has 1 fully saturated rings. The molecule has 98 valence electrons. The van der Waals surface area contributed by atoms with Crippen molar-refractivity contribution >= 4 is 12.0 Å². The van der Waals surface area contributed by atoms with Gasteiger partial charge in [0.2, 0.25) is 0 Å². The maximum atomic E-state index is 11.8. The van der Waals surface area contributed by atoms with E-state index in [4.69, 9.17) is 4.74 Å². The Labute approximate surface area is 102 Å². The molecule has 0 aromatic carbocycles. The van der Waals surface area contributed by atoms with E-state index < -0.39 is 0 Å². The van der Waals surface area contributed by atoms with Gasteiger partial charge in [0.25, 0.3) is 0 Å². The smallest absolute Gasteiger partial charge is 0.325 e. The molecular weight excluding hydrogens is 220 g/mol. The number of rotatable bonds is 7. The van der Waals surface area contributed by atoms with Crippen molar-refractivity contribution in [2.75, 3.05) is 19.7 Å². The standard InChI is InChI=1S/C12H22N2O3/c1-3-5-8-13-12(16)14(10-6-7-10)9-11(15)17-4-2/h10H,3-9H2,1-2H3,(H,13,16). The van der Waals surface area contributed by atoms with Crippen molar-refractivity contribution in [2.24, 2.45) is 0 Å². The average molecular weight is 242 g/mol. The summed E-state index contributed by atoms with van der Waals surface area (Å²) in [6.45, 7) is 4.93. The summed E-state index contributed by atoms with van der Waals surface area (Å²) in [5, 5.41) is 2.83. The van der Waals surface area contributed by atoms with E-state index in [9.17, 15) is 9.59 Å². The highest BCUT2D eigenvalue weighted by atomic mass is 16.5. The Kier molecular flexibility index (Phi) is 5.80. The SMILES string of the molecule is CCCCNC(=O)N(CC(=O)OCC)C1CC1. The highest BCUT2D eigenvalue weighted by Crippen LogP contribution is 2.26. The second-order valence-corrected chi connectivity index (χ2v) is 4.25. The number of hydrogen-bond donors (Lipinski definition) is 1. The molecule has 5 nitrogen and oxygen atoms in total. The van der Waals surface area contributed by atoms with Gasteiger partial charge in [0.05, 0.1) is 6.61 Å². The number of carbonyl (C=O) groups excluding carboxylic acids is 2. The van der Waals surface area contributed by atoms with Gasteiger partial charge < -0.3 is 15.0 Å². The summed E-state index contributed by atoms with van der Waals surface area (Å²) in [5.74, 6) is -0.329. The first-order valence-corrected chi connectivity index (χ1v) is 6.39. The molecule has 0 aromatic heterocycles. The first-order chi connectivity index (χ1) is 8.19. The summed E-state index contributed by atoms with van der Waals surface area (Å²) in [7, 11) is 0. The molecule has 5 heteroatoms. The van der Waals surface area contributed by atoms with Crippen molar-refractivity contribution in [1.29, 1.82) is 0 Å². The molecule has 1 saturated carbocycles. The molecule has 1 aliphatic rings. The molecule has 0 atom stereocenters. The predicted molar refractivity (Wildman–Crippen MR) is 64.7 cm³/mol. The molecule has 17 heavy (non-hydrogen) atoms. The summed E-state index contributed by atoms with van der Waals surface area (Å²) in [5.41, 5.74) is 0. The summed E-state index contributed by atoms with van der Waals surface area (Å²) >= 11 is 0. The van der Waals surface area contributed by atoms with Crippen LogP contribution in [0.3, 0.4) is 0 Å². The molecule has 0 bridgehead atoms. The molecule has 0 aromatic rings. The highest BCUT2D eigenvalue weighted by molar-refractivity contribution is 5.81. The van der Waals surface area contributed by atoms with Crippen LogP contribution in [0.15, 0.2) is 0 Å². The zero-order valence-corrected chi connectivity index (χ0v) is 10.7. The third kappa shape index (κ3) is 5.06. The average Bonchev–Trinajstić information content (AvgIpc) is 3.10. The first-order valence-electron chi connectivity index (χ1n) is 6.39. The Hall–Kier alpha value is -1.26. The zero-order chi connectivity index (χ0) is 12.7. The number of unbranched alkanes of at least 4 members (excludes halogenated alkanes) is 1. The maximum absolute atomic E-state index is 11.8. The minimum absolute atomic E-state index is 0.0659. The lowest BCUT2D eigenvalue weighted by Crippen LogP contribution is -2.44. The molecule has 0 radical (unpaired) electrons. The number of ether oxygens (including phenoxy) is 1. The van der Waals surface area contributed by atoms with Crippen molar-refractivity contribution in [3.63, 3.8) is 0 Å². The van der Waals surface area contributed by atoms with Gasteiger partial charge in [-0.05, 0) is 26.2 Å². The summed E-state index contributed by atoms with van der Waals surface area (Å²) in [4.78, 5) is 24.8. The fraction of sp³-hybridized carbons (Fsp3) is 0.833. The van der Waals surface area contributed by atoms with Crippen molar-refractivity contribution < 1.29 is 14.3 Å². The topological polar surface area (TPSA) is 58.6 Å². The van der Waals surface area contributed by atoms with Crippen LogP contribution in [-0.4, -0.2) is 42.6 Å². The van der Waals surface area contributed by atoms with Crippen LogP contribution in [0.25, 0.3) is 0 Å². The van der Waals surface area contributed by atoms with Gasteiger partial charge in [-0.15, -0.1) is 0 Å². The van der Waals surface area contributed by atoms with Gasteiger partial charge in [-0.2, -0.15) is 0 Å². The summed E-state index contributed by atoms with van der Waals surface area (Å²) in [6.07, 6.45) is 3.98. The zero-order valence-electron chi connectivity index (χ0n) is 10.7. The van der Waals surface area contributed by atoms with Crippen molar-refractivity contribution in [3.8, 4) is 0 Å². The second kappa shape index (κ2) is 7.14. The molecule has 0 saturated heterocycles. The predicted octanol–water partition coefficient (Wildman–Crippen LogP) is 1.52. The van der Waals surface area contributed by atoms with E-state index in [2.05, 4.69) is 12.2 Å². The van der Waals surface area contributed by atoms with Crippen LogP contribution in [0.5, 0.6) is 0 Å². The van der Waals surface area contributed by atoms with E-state index in [1.54, 1.807) is 11.8 Å². The second-order valence-electron chi connectivity index (χ2n) is 4.25. The van der Waals surface area contributed by atoms with E-state index >= 15 is 0 Å². The molecule has 0 aliphatic heterocycles. The van der Waals surface area contributed by atoms with Crippen molar-refractivity contribution in [3.05, 3.63) is 0 Å². The number of carbonyl (C=O) groups is 2. The van der Waals surface area contributed by atoms with Gasteiger partial charge in [0.1, 0.15) is 6.54 Å². The van der Waals surface area contributed by atoms with E-state index in [0.717, 1.165) is 25.7 Å². The third-order valence-corrected chi connectivity index (χ3v) is 2.66. The lowest BCUT2D eigenvalue weighted by Gasteiger charge is -2.21. The van der Waals surface area contributed by atoms with Gasteiger partial charge >= 0.3 is 12.0 Å². The number of esters is 1. The molecule has 1 N–H and O–H groups in total. The molecule has 1 rings (SSSR count). The van der Waals surface area contributed by atoms with Crippen molar-refractivity contribution in [2.45, 2.75) is 45.6 Å². The Balaban J connectivity index is 2.36. The van der Waals surface area contributed by atoms with Crippen LogP contribution in [0.1, 0.15) is 39.5 Å². The van der Waals surface area contributed by atoms with E-state index in [0.29, 0.717) is 13.2 Å². The van der Waals surface area contributed by atoms with Crippen LogP contribution < -0.4 is 5.32 Å². The highest BCUT2D eigenvalue weighted by Gasteiger charge is 2.33.